The van der Waals surface area contributed by atoms with Crippen molar-refractivity contribution in [1.29, 1.82) is 0 Å². The van der Waals surface area contributed by atoms with Gasteiger partial charge in [-0.25, -0.2) is 9.37 Å². The first-order valence-corrected chi connectivity index (χ1v) is 9.25. The Morgan fingerprint density at radius 1 is 1.33 bits per heavy atom. The average Bonchev–Trinajstić information content (AvgIpc) is 3.14. The summed E-state index contributed by atoms with van der Waals surface area (Å²) in [5, 5.41) is -0.136. The molecule has 1 aliphatic heterocycles. The number of hydrogen-bond donors (Lipinski definition) is 1. The standard InChI is InChI=1S/C17H13BrFN3OS/c18-11-7-10(5-6-12(11)19)17-22(16(23)9-24-17)8-15-20-13-3-1-2-4-14(13)21-15/h1-7,17H,8-9H2,(H,20,21). The fourth-order valence-corrected chi connectivity index (χ4v) is 4.38. The molecule has 0 saturated carbocycles. The minimum absolute atomic E-state index is 0.0610. The van der Waals surface area contributed by atoms with E-state index >= 15 is 0 Å². The number of hydrogen-bond acceptors (Lipinski definition) is 3. The predicted molar refractivity (Wildman–Crippen MR) is 95.9 cm³/mol. The van der Waals surface area contributed by atoms with Crippen LogP contribution in [0.2, 0.25) is 0 Å². The molecule has 1 unspecified atom stereocenters. The van der Waals surface area contributed by atoms with Gasteiger partial charge in [0.05, 0.1) is 27.8 Å². The number of aromatic nitrogens is 2. The monoisotopic (exact) mass is 405 g/mol. The van der Waals surface area contributed by atoms with Crippen LogP contribution < -0.4 is 0 Å². The van der Waals surface area contributed by atoms with E-state index in [0.717, 1.165) is 22.4 Å². The minimum Gasteiger partial charge on any atom is -0.340 e. The van der Waals surface area contributed by atoms with E-state index in [4.69, 9.17) is 0 Å². The van der Waals surface area contributed by atoms with Gasteiger partial charge < -0.3 is 9.88 Å². The van der Waals surface area contributed by atoms with Gasteiger partial charge in [-0.05, 0) is 45.8 Å². The average molecular weight is 406 g/mol. The molecule has 4 rings (SSSR count). The number of carbonyl (C=O) groups excluding carboxylic acids is 1. The lowest BCUT2D eigenvalue weighted by Gasteiger charge is -2.23. The van der Waals surface area contributed by atoms with Crippen molar-refractivity contribution >= 4 is 44.6 Å². The Hall–Kier alpha value is -1.86. The number of thioether (sulfide) groups is 1. The molecule has 2 heterocycles. The molecule has 24 heavy (non-hydrogen) atoms. The lowest BCUT2D eigenvalue weighted by molar-refractivity contribution is -0.128. The molecule has 1 aromatic heterocycles. The van der Waals surface area contributed by atoms with Crippen LogP contribution in [-0.4, -0.2) is 26.5 Å². The molecule has 0 radical (unpaired) electrons. The van der Waals surface area contributed by atoms with E-state index in [0.29, 0.717) is 16.8 Å². The molecular weight excluding hydrogens is 393 g/mol. The molecule has 7 heteroatoms. The van der Waals surface area contributed by atoms with E-state index in [1.807, 2.05) is 24.3 Å². The maximum Gasteiger partial charge on any atom is 0.234 e. The zero-order chi connectivity index (χ0) is 16.7. The van der Waals surface area contributed by atoms with Gasteiger partial charge >= 0.3 is 0 Å². The highest BCUT2D eigenvalue weighted by atomic mass is 79.9. The van der Waals surface area contributed by atoms with Gasteiger partial charge in [0.25, 0.3) is 0 Å². The molecule has 1 amide bonds. The van der Waals surface area contributed by atoms with Crippen LogP contribution >= 0.6 is 27.7 Å². The number of H-pyrrole nitrogens is 1. The molecule has 1 N–H and O–H groups in total. The second kappa shape index (κ2) is 6.22. The van der Waals surface area contributed by atoms with Crippen LogP contribution in [0.25, 0.3) is 11.0 Å². The number of rotatable bonds is 3. The topological polar surface area (TPSA) is 49.0 Å². The Balaban J connectivity index is 1.63. The number of nitrogens with zero attached hydrogens (tertiary/aromatic N) is 2. The van der Waals surface area contributed by atoms with Crippen LogP contribution in [0.15, 0.2) is 46.9 Å². The van der Waals surface area contributed by atoms with E-state index in [-0.39, 0.29) is 17.1 Å². The zero-order valence-electron chi connectivity index (χ0n) is 12.5. The van der Waals surface area contributed by atoms with Gasteiger partial charge in [0, 0.05) is 0 Å². The van der Waals surface area contributed by atoms with Crippen LogP contribution in [0.5, 0.6) is 0 Å². The van der Waals surface area contributed by atoms with Gasteiger partial charge in [-0.3, -0.25) is 4.79 Å². The molecule has 1 saturated heterocycles. The highest BCUT2D eigenvalue weighted by Gasteiger charge is 2.33. The summed E-state index contributed by atoms with van der Waals surface area (Å²) in [7, 11) is 0. The van der Waals surface area contributed by atoms with Gasteiger partial charge in [-0.1, -0.05) is 18.2 Å². The molecule has 1 atom stereocenters. The van der Waals surface area contributed by atoms with E-state index in [1.54, 1.807) is 28.8 Å². The summed E-state index contributed by atoms with van der Waals surface area (Å²) >= 11 is 4.76. The van der Waals surface area contributed by atoms with Crippen molar-refractivity contribution in [3.63, 3.8) is 0 Å². The fourth-order valence-electron chi connectivity index (χ4n) is 2.81. The third kappa shape index (κ3) is 2.82. The van der Waals surface area contributed by atoms with Crippen molar-refractivity contribution < 1.29 is 9.18 Å². The molecule has 3 aromatic rings. The van der Waals surface area contributed by atoms with Crippen molar-refractivity contribution in [2.45, 2.75) is 11.9 Å². The Labute approximate surface area is 150 Å². The zero-order valence-corrected chi connectivity index (χ0v) is 14.9. The molecule has 4 nitrogen and oxygen atoms in total. The third-order valence-electron chi connectivity index (χ3n) is 3.96. The van der Waals surface area contributed by atoms with Crippen molar-refractivity contribution in [3.05, 3.63) is 64.1 Å². The molecule has 0 spiro atoms. The van der Waals surface area contributed by atoms with Crippen LogP contribution in [-0.2, 0) is 11.3 Å². The molecular formula is C17H13BrFN3OS. The molecule has 0 aliphatic carbocycles. The normalized spacial score (nSPS) is 17.8. The summed E-state index contributed by atoms with van der Waals surface area (Å²) in [6.45, 7) is 0.403. The Bertz CT molecular complexity index is 896. The lowest BCUT2D eigenvalue weighted by Crippen LogP contribution is -2.28. The van der Waals surface area contributed by atoms with Gasteiger partial charge in [-0.2, -0.15) is 0 Å². The van der Waals surface area contributed by atoms with E-state index in [1.165, 1.54) is 6.07 Å². The van der Waals surface area contributed by atoms with Crippen molar-refractivity contribution in [1.82, 2.24) is 14.9 Å². The van der Waals surface area contributed by atoms with Gasteiger partial charge in [0.2, 0.25) is 5.91 Å². The number of para-hydroxylation sites is 2. The number of benzene rings is 2. The number of aromatic amines is 1. The van der Waals surface area contributed by atoms with E-state index < -0.39 is 0 Å². The second-order valence-electron chi connectivity index (χ2n) is 5.56. The van der Waals surface area contributed by atoms with E-state index in [2.05, 4.69) is 25.9 Å². The number of carbonyl (C=O) groups is 1. The first-order valence-electron chi connectivity index (χ1n) is 7.41. The SMILES string of the molecule is O=C1CSC(c2ccc(F)c(Br)c2)N1Cc1nc2ccccc2[nH]1. The first-order chi connectivity index (χ1) is 11.6. The highest BCUT2D eigenvalue weighted by Crippen LogP contribution is 2.40. The van der Waals surface area contributed by atoms with Crippen LogP contribution in [0.4, 0.5) is 4.39 Å². The van der Waals surface area contributed by atoms with Gasteiger partial charge in [-0.15, -0.1) is 11.8 Å². The summed E-state index contributed by atoms with van der Waals surface area (Å²) in [6.07, 6.45) is 0. The van der Waals surface area contributed by atoms with Crippen molar-refractivity contribution in [2.24, 2.45) is 0 Å². The van der Waals surface area contributed by atoms with E-state index in [9.17, 15) is 9.18 Å². The number of imidazole rings is 1. The fraction of sp³-hybridized carbons (Fsp3) is 0.176. The highest BCUT2D eigenvalue weighted by molar-refractivity contribution is 9.10. The quantitative estimate of drug-likeness (QED) is 0.708. The summed E-state index contributed by atoms with van der Waals surface area (Å²) in [5.74, 6) is 0.918. The summed E-state index contributed by atoms with van der Waals surface area (Å²) in [4.78, 5) is 21.9. The third-order valence-corrected chi connectivity index (χ3v) is 5.82. The smallest absolute Gasteiger partial charge is 0.234 e. The van der Waals surface area contributed by atoms with Gasteiger partial charge in [0.15, 0.2) is 0 Å². The van der Waals surface area contributed by atoms with Crippen molar-refractivity contribution in [2.75, 3.05) is 5.75 Å². The maximum atomic E-state index is 13.5. The second-order valence-corrected chi connectivity index (χ2v) is 7.48. The minimum atomic E-state index is -0.308. The number of halogens is 2. The molecule has 1 fully saturated rings. The molecule has 2 aromatic carbocycles. The summed E-state index contributed by atoms with van der Waals surface area (Å²) < 4.78 is 13.9. The Kier molecular flexibility index (Phi) is 4.05. The molecule has 122 valence electrons. The van der Waals surface area contributed by atoms with Crippen LogP contribution in [0.1, 0.15) is 16.8 Å². The number of fused-ring (bicyclic) bond motifs is 1. The van der Waals surface area contributed by atoms with Crippen molar-refractivity contribution in [3.8, 4) is 0 Å². The largest absolute Gasteiger partial charge is 0.340 e. The van der Waals surface area contributed by atoms with Crippen LogP contribution in [0.3, 0.4) is 0 Å². The Morgan fingerprint density at radius 3 is 2.96 bits per heavy atom. The Morgan fingerprint density at radius 2 is 2.17 bits per heavy atom. The first kappa shape index (κ1) is 15.7. The lowest BCUT2D eigenvalue weighted by atomic mass is 10.2. The van der Waals surface area contributed by atoms with Crippen LogP contribution in [0, 0.1) is 5.82 Å². The predicted octanol–water partition coefficient (Wildman–Crippen LogP) is 4.24. The summed E-state index contributed by atoms with van der Waals surface area (Å²) in [6, 6.07) is 12.6. The summed E-state index contributed by atoms with van der Waals surface area (Å²) in [5.41, 5.74) is 2.73. The number of nitrogens with one attached hydrogen (secondary N) is 1. The van der Waals surface area contributed by atoms with Gasteiger partial charge in [0.1, 0.15) is 17.0 Å². The molecule has 1 aliphatic rings. The number of amides is 1. The molecule has 0 bridgehead atoms. The maximum absolute atomic E-state index is 13.5.